The van der Waals surface area contributed by atoms with E-state index in [0.29, 0.717) is 0 Å². The molecule has 3 aromatic rings. The molecule has 0 radical (unpaired) electrons. The molecule has 3 rings (SSSR count). The zero-order chi connectivity index (χ0) is 13.9. The van der Waals surface area contributed by atoms with Crippen LogP contribution in [0.5, 0.6) is 0 Å². The summed E-state index contributed by atoms with van der Waals surface area (Å²) in [5.41, 5.74) is 3.24. The summed E-state index contributed by atoms with van der Waals surface area (Å²) in [5.74, 6) is 0. The Labute approximate surface area is 118 Å². The van der Waals surface area contributed by atoms with E-state index in [2.05, 4.69) is 29.2 Å². The predicted octanol–water partition coefficient (Wildman–Crippen LogP) is 3.88. The first-order chi connectivity index (χ1) is 9.74. The number of rotatable bonds is 3. The van der Waals surface area contributed by atoms with E-state index in [-0.39, 0.29) is 0 Å². The minimum atomic E-state index is -0.417. The lowest BCUT2D eigenvalue weighted by atomic mass is 10.0. The van der Waals surface area contributed by atoms with E-state index in [0.717, 1.165) is 17.7 Å². The van der Waals surface area contributed by atoms with Gasteiger partial charge in [0, 0.05) is 18.0 Å². The maximum atomic E-state index is 9.53. The minimum absolute atomic E-state index is 0.417. The highest BCUT2D eigenvalue weighted by Crippen LogP contribution is 2.20. The van der Waals surface area contributed by atoms with Gasteiger partial charge in [-0.05, 0) is 29.5 Å². The summed E-state index contributed by atoms with van der Waals surface area (Å²) >= 11 is 0. The van der Waals surface area contributed by atoms with Gasteiger partial charge in [0.1, 0.15) is 0 Å². The van der Waals surface area contributed by atoms with Crippen LogP contribution in [0.15, 0.2) is 60.8 Å². The van der Waals surface area contributed by atoms with E-state index in [9.17, 15) is 5.11 Å². The fourth-order valence-corrected chi connectivity index (χ4v) is 2.43. The van der Waals surface area contributed by atoms with Crippen molar-refractivity contribution in [2.24, 2.45) is 0 Å². The summed E-state index contributed by atoms with van der Waals surface area (Å²) in [4.78, 5) is 4.51. The van der Waals surface area contributed by atoms with Crippen molar-refractivity contribution in [2.45, 2.75) is 19.4 Å². The average molecular weight is 263 g/mol. The molecular weight excluding hydrogens is 246 g/mol. The van der Waals surface area contributed by atoms with Crippen LogP contribution in [0.4, 0.5) is 0 Å². The molecule has 0 saturated heterocycles. The Bertz CT molecular complexity index is 712. The number of benzene rings is 2. The first-order valence-electron chi connectivity index (χ1n) is 6.83. The molecular formula is C18H17NO. The van der Waals surface area contributed by atoms with Gasteiger partial charge >= 0.3 is 0 Å². The molecule has 100 valence electrons. The minimum Gasteiger partial charge on any atom is -0.389 e. The van der Waals surface area contributed by atoms with Crippen molar-refractivity contribution in [3.8, 4) is 0 Å². The van der Waals surface area contributed by atoms with Crippen molar-refractivity contribution in [1.29, 1.82) is 0 Å². The van der Waals surface area contributed by atoms with E-state index in [4.69, 9.17) is 0 Å². The first-order valence-corrected chi connectivity index (χ1v) is 6.83. The lowest BCUT2D eigenvalue weighted by Gasteiger charge is -2.08. The van der Waals surface area contributed by atoms with Crippen molar-refractivity contribution < 1.29 is 5.11 Å². The predicted molar refractivity (Wildman–Crippen MR) is 81.6 cm³/mol. The van der Waals surface area contributed by atoms with Crippen molar-refractivity contribution in [3.63, 3.8) is 0 Å². The molecule has 0 bridgehead atoms. The van der Waals surface area contributed by atoms with Crippen LogP contribution in [0, 0.1) is 0 Å². The fourth-order valence-electron chi connectivity index (χ4n) is 2.43. The molecule has 0 amide bonds. The highest BCUT2D eigenvalue weighted by Gasteiger charge is 2.05. The maximum absolute atomic E-state index is 9.53. The monoisotopic (exact) mass is 263 g/mol. The molecule has 1 aromatic heterocycles. The Morgan fingerprint density at radius 3 is 2.50 bits per heavy atom. The second-order valence-corrected chi connectivity index (χ2v) is 5.07. The van der Waals surface area contributed by atoms with E-state index in [1.807, 2.05) is 36.5 Å². The zero-order valence-corrected chi connectivity index (χ0v) is 11.5. The number of hydrogen-bond acceptors (Lipinski definition) is 2. The summed E-state index contributed by atoms with van der Waals surface area (Å²) in [6.45, 7) is 1.78. The summed E-state index contributed by atoms with van der Waals surface area (Å²) in [6, 6.07) is 18.4. The number of pyridine rings is 1. The normalized spacial score (nSPS) is 12.5. The number of hydrogen-bond donors (Lipinski definition) is 1. The smallest absolute Gasteiger partial charge is 0.0761 e. The molecule has 0 aliphatic heterocycles. The highest BCUT2D eigenvalue weighted by molar-refractivity contribution is 5.84. The fraction of sp³-hybridized carbons (Fsp3) is 0.167. The lowest BCUT2D eigenvalue weighted by molar-refractivity contribution is 0.199. The molecule has 0 aliphatic carbocycles. The standard InChI is InChI=1S/C18H17NO/c1-13(20)15-8-6-14(7-9-15)12-18-17-5-3-2-4-16(17)10-11-19-18/h2-11,13,20H,12H2,1H3. The number of nitrogens with zero attached hydrogens (tertiary/aromatic N) is 1. The second kappa shape index (κ2) is 5.43. The number of aromatic nitrogens is 1. The van der Waals surface area contributed by atoms with Crippen molar-refractivity contribution in [2.75, 3.05) is 0 Å². The topological polar surface area (TPSA) is 33.1 Å². The van der Waals surface area contributed by atoms with Gasteiger partial charge in [0.2, 0.25) is 0 Å². The molecule has 2 nitrogen and oxygen atoms in total. The van der Waals surface area contributed by atoms with Crippen LogP contribution in [-0.2, 0) is 6.42 Å². The third-order valence-corrected chi connectivity index (χ3v) is 3.59. The van der Waals surface area contributed by atoms with Gasteiger partial charge in [-0.1, -0.05) is 48.5 Å². The summed E-state index contributed by atoms with van der Waals surface area (Å²) in [5, 5.41) is 12.0. The van der Waals surface area contributed by atoms with Gasteiger partial charge in [0.05, 0.1) is 11.8 Å². The molecule has 0 spiro atoms. The van der Waals surface area contributed by atoms with E-state index < -0.39 is 6.10 Å². The Hall–Kier alpha value is -2.19. The summed E-state index contributed by atoms with van der Waals surface area (Å²) in [6.07, 6.45) is 2.25. The number of aliphatic hydroxyl groups excluding tert-OH is 1. The van der Waals surface area contributed by atoms with Crippen LogP contribution >= 0.6 is 0 Å². The molecule has 0 aliphatic rings. The number of fused-ring (bicyclic) bond motifs is 1. The molecule has 0 fully saturated rings. The Balaban J connectivity index is 1.93. The van der Waals surface area contributed by atoms with Gasteiger partial charge in [-0.2, -0.15) is 0 Å². The van der Waals surface area contributed by atoms with Crippen LogP contribution < -0.4 is 0 Å². The van der Waals surface area contributed by atoms with Gasteiger partial charge in [-0.25, -0.2) is 0 Å². The molecule has 20 heavy (non-hydrogen) atoms. The molecule has 2 aromatic carbocycles. The molecule has 0 saturated carbocycles. The average Bonchev–Trinajstić information content (AvgIpc) is 2.48. The second-order valence-electron chi connectivity index (χ2n) is 5.07. The van der Waals surface area contributed by atoms with Gasteiger partial charge in [-0.3, -0.25) is 4.98 Å². The molecule has 2 heteroatoms. The maximum Gasteiger partial charge on any atom is 0.0761 e. The SMILES string of the molecule is CC(O)c1ccc(Cc2nccc3ccccc23)cc1. The lowest BCUT2D eigenvalue weighted by Crippen LogP contribution is -1.95. The van der Waals surface area contributed by atoms with Crippen LogP contribution in [0.3, 0.4) is 0 Å². The van der Waals surface area contributed by atoms with Crippen molar-refractivity contribution in [1.82, 2.24) is 4.98 Å². The van der Waals surface area contributed by atoms with Crippen LogP contribution in [0.1, 0.15) is 29.8 Å². The van der Waals surface area contributed by atoms with E-state index in [1.165, 1.54) is 16.3 Å². The third-order valence-electron chi connectivity index (χ3n) is 3.59. The van der Waals surface area contributed by atoms with Gasteiger partial charge in [0.25, 0.3) is 0 Å². The van der Waals surface area contributed by atoms with Crippen molar-refractivity contribution >= 4 is 10.8 Å². The molecule has 1 atom stereocenters. The first kappa shape index (κ1) is 12.8. The Kier molecular flexibility index (Phi) is 3.48. The van der Waals surface area contributed by atoms with Gasteiger partial charge < -0.3 is 5.11 Å². The quantitative estimate of drug-likeness (QED) is 0.778. The Morgan fingerprint density at radius 1 is 1.00 bits per heavy atom. The summed E-state index contributed by atoms with van der Waals surface area (Å²) in [7, 11) is 0. The molecule has 1 heterocycles. The largest absolute Gasteiger partial charge is 0.389 e. The third kappa shape index (κ3) is 2.56. The van der Waals surface area contributed by atoms with E-state index in [1.54, 1.807) is 6.92 Å². The van der Waals surface area contributed by atoms with Crippen LogP contribution in [0.2, 0.25) is 0 Å². The molecule has 1 unspecified atom stereocenters. The molecule has 1 N–H and O–H groups in total. The van der Waals surface area contributed by atoms with Crippen LogP contribution in [-0.4, -0.2) is 10.1 Å². The van der Waals surface area contributed by atoms with Gasteiger partial charge in [-0.15, -0.1) is 0 Å². The van der Waals surface area contributed by atoms with E-state index >= 15 is 0 Å². The summed E-state index contributed by atoms with van der Waals surface area (Å²) < 4.78 is 0. The van der Waals surface area contributed by atoms with Gasteiger partial charge in [0.15, 0.2) is 0 Å². The zero-order valence-electron chi connectivity index (χ0n) is 11.5. The Morgan fingerprint density at radius 2 is 1.75 bits per heavy atom. The number of aliphatic hydroxyl groups is 1. The van der Waals surface area contributed by atoms with Crippen LogP contribution in [0.25, 0.3) is 10.8 Å². The van der Waals surface area contributed by atoms with Crippen molar-refractivity contribution in [3.05, 3.63) is 77.6 Å². The highest BCUT2D eigenvalue weighted by atomic mass is 16.3.